The van der Waals surface area contributed by atoms with E-state index in [1.807, 2.05) is 37.3 Å². The Morgan fingerprint density at radius 2 is 2.07 bits per heavy atom. The Morgan fingerprint density at radius 1 is 1.33 bits per heavy atom. The van der Waals surface area contributed by atoms with Crippen LogP contribution in [-0.4, -0.2) is 76.0 Å². The number of aromatic nitrogens is 4. The third-order valence-electron chi connectivity index (χ3n) is 5.15. The zero-order valence-corrected chi connectivity index (χ0v) is 17.9. The van der Waals surface area contributed by atoms with Gasteiger partial charge in [-0.3, -0.25) is 9.59 Å². The third kappa shape index (κ3) is 3.65. The summed E-state index contributed by atoms with van der Waals surface area (Å²) >= 11 is 2.74. The zero-order chi connectivity index (χ0) is 21.5. The van der Waals surface area contributed by atoms with Gasteiger partial charge < -0.3 is 15.3 Å². The molecule has 2 aliphatic heterocycles. The van der Waals surface area contributed by atoms with Crippen LogP contribution in [0.1, 0.15) is 12.5 Å². The SMILES string of the molecule is Cn1nnnc1SCC1(C)S[C@@H]2C(NC(=O)Cc3ccccc3)C(=O)N2C1C(=O)O. The van der Waals surface area contributed by atoms with Gasteiger partial charge in [0.15, 0.2) is 0 Å². The average molecular weight is 449 g/mol. The van der Waals surface area contributed by atoms with Crippen LogP contribution in [0.5, 0.6) is 0 Å². The number of amides is 2. The molecule has 0 radical (unpaired) electrons. The van der Waals surface area contributed by atoms with E-state index in [9.17, 15) is 19.5 Å². The maximum atomic E-state index is 12.7. The van der Waals surface area contributed by atoms with E-state index in [1.165, 1.54) is 33.1 Å². The number of carbonyl (C=O) groups excluding carboxylic acids is 2. The highest BCUT2D eigenvalue weighted by Gasteiger charge is 2.65. The number of hydrogen-bond acceptors (Lipinski definition) is 8. The highest BCUT2D eigenvalue weighted by Crippen LogP contribution is 2.52. The molecule has 2 amide bonds. The third-order valence-corrected chi connectivity index (χ3v) is 8.33. The van der Waals surface area contributed by atoms with E-state index in [0.717, 1.165) is 5.56 Å². The quantitative estimate of drug-likeness (QED) is 0.449. The number of fused-ring (bicyclic) bond motifs is 1. The molecule has 0 saturated carbocycles. The van der Waals surface area contributed by atoms with Crippen LogP contribution in [0.4, 0.5) is 0 Å². The van der Waals surface area contributed by atoms with E-state index in [-0.39, 0.29) is 18.2 Å². The molecule has 0 bridgehead atoms. The first-order chi connectivity index (χ1) is 14.3. The number of nitrogens with zero attached hydrogens (tertiary/aromatic N) is 5. The van der Waals surface area contributed by atoms with Gasteiger partial charge in [-0.15, -0.1) is 16.9 Å². The Hall–Kier alpha value is -2.60. The largest absolute Gasteiger partial charge is 0.480 e. The van der Waals surface area contributed by atoms with Crippen LogP contribution < -0.4 is 5.32 Å². The Kier molecular flexibility index (Phi) is 5.45. The van der Waals surface area contributed by atoms with Gasteiger partial charge in [0.1, 0.15) is 17.5 Å². The topological polar surface area (TPSA) is 130 Å². The van der Waals surface area contributed by atoms with Gasteiger partial charge in [0.2, 0.25) is 17.0 Å². The number of thioether (sulfide) groups is 2. The number of tetrazole rings is 1. The first kappa shape index (κ1) is 20.7. The van der Waals surface area contributed by atoms with E-state index in [1.54, 1.807) is 7.05 Å². The molecule has 30 heavy (non-hydrogen) atoms. The van der Waals surface area contributed by atoms with E-state index in [0.29, 0.717) is 10.9 Å². The number of benzene rings is 1. The van der Waals surface area contributed by atoms with Crippen molar-refractivity contribution in [3.63, 3.8) is 0 Å². The maximum absolute atomic E-state index is 12.7. The van der Waals surface area contributed by atoms with Crippen molar-refractivity contribution in [1.29, 1.82) is 0 Å². The summed E-state index contributed by atoms with van der Waals surface area (Å²) in [6, 6.07) is 7.53. The summed E-state index contributed by atoms with van der Waals surface area (Å²) < 4.78 is 0.748. The molecule has 2 saturated heterocycles. The number of nitrogens with one attached hydrogen (secondary N) is 1. The van der Waals surface area contributed by atoms with Gasteiger partial charge in [0.05, 0.1) is 11.2 Å². The number of carboxylic acids is 1. The molecule has 4 atom stereocenters. The van der Waals surface area contributed by atoms with E-state index >= 15 is 0 Å². The second kappa shape index (κ2) is 7.91. The lowest BCUT2D eigenvalue weighted by Crippen LogP contribution is -2.70. The average Bonchev–Trinajstić information content (AvgIpc) is 3.24. The van der Waals surface area contributed by atoms with Gasteiger partial charge in [0.25, 0.3) is 0 Å². The van der Waals surface area contributed by atoms with Gasteiger partial charge in [-0.05, 0) is 22.9 Å². The number of aliphatic carboxylic acids is 1. The number of carbonyl (C=O) groups is 3. The van der Waals surface area contributed by atoms with Crippen molar-refractivity contribution in [3.8, 4) is 0 Å². The fraction of sp³-hybridized carbons (Fsp3) is 0.444. The number of hydrogen-bond donors (Lipinski definition) is 2. The van der Waals surface area contributed by atoms with Crippen LogP contribution in [0, 0.1) is 0 Å². The number of rotatable bonds is 7. The molecule has 4 rings (SSSR count). The lowest BCUT2D eigenvalue weighted by Gasteiger charge is -2.43. The molecular formula is C18H20N6O4S2. The van der Waals surface area contributed by atoms with Crippen molar-refractivity contribution in [2.45, 2.75) is 40.7 Å². The summed E-state index contributed by atoms with van der Waals surface area (Å²) in [6.45, 7) is 1.82. The molecule has 0 spiro atoms. The first-order valence-corrected chi connectivity index (χ1v) is 11.1. The molecule has 2 aliphatic rings. The van der Waals surface area contributed by atoms with Crippen LogP contribution in [0.2, 0.25) is 0 Å². The molecule has 3 unspecified atom stereocenters. The Morgan fingerprint density at radius 3 is 2.70 bits per heavy atom. The van der Waals surface area contributed by atoms with Gasteiger partial charge >= 0.3 is 5.97 Å². The van der Waals surface area contributed by atoms with Crippen molar-refractivity contribution < 1.29 is 19.5 Å². The van der Waals surface area contributed by atoms with Crippen molar-refractivity contribution in [2.75, 3.05) is 5.75 Å². The van der Waals surface area contributed by atoms with Gasteiger partial charge in [-0.2, -0.15) is 0 Å². The first-order valence-electron chi connectivity index (χ1n) is 9.21. The Bertz CT molecular complexity index is 986. The molecule has 0 aliphatic carbocycles. The monoisotopic (exact) mass is 448 g/mol. The normalized spacial score (nSPS) is 27.5. The molecule has 158 valence electrons. The number of aryl methyl sites for hydroxylation is 1. The molecule has 1 aromatic carbocycles. The fourth-order valence-electron chi connectivity index (χ4n) is 3.70. The molecule has 3 heterocycles. The van der Waals surface area contributed by atoms with Crippen LogP contribution in [0.25, 0.3) is 0 Å². The molecule has 2 aromatic rings. The summed E-state index contributed by atoms with van der Waals surface area (Å²) in [5, 5.41) is 24.0. The van der Waals surface area contributed by atoms with Crippen LogP contribution in [0.3, 0.4) is 0 Å². The summed E-state index contributed by atoms with van der Waals surface area (Å²) in [4.78, 5) is 38.5. The number of β-lactam (4-membered cyclic amide) rings is 1. The summed E-state index contributed by atoms with van der Waals surface area (Å²) in [5.41, 5.74) is 0.847. The van der Waals surface area contributed by atoms with Gasteiger partial charge in [-0.25, -0.2) is 9.48 Å². The molecule has 2 N–H and O–H groups in total. The molecule has 2 fully saturated rings. The second-order valence-electron chi connectivity index (χ2n) is 7.39. The Labute approximate surface area is 180 Å². The van der Waals surface area contributed by atoms with E-state index in [4.69, 9.17) is 0 Å². The standard InChI is InChI=1S/C18H20N6O4S2/c1-18(9-29-17-20-21-22-23(17)2)13(16(27)28)24-14(26)12(15(24)30-18)19-11(25)8-10-6-4-3-5-7-10/h3-7,12-13,15H,8-9H2,1-2H3,(H,19,25)(H,27,28)/t12?,13?,15-,18?/m1/s1. The smallest absolute Gasteiger partial charge is 0.327 e. The molecule has 10 nitrogen and oxygen atoms in total. The summed E-state index contributed by atoms with van der Waals surface area (Å²) in [5.74, 6) is -1.30. The predicted octanol–water partition coefficient (Wildman–Crippen LogP) is 0.157. The second-order valence-corrected chi connectivity index (χ2v) is 9.98. The highest BCUT2D eigenvalue weighted by molar-refractivity contribution is 8.04. The minimum absolute atomic E-state index is 0.163. The fourth-order valence-corrected chi connectivity index (χ4v) is 6.60. The number of carboxylic acid groups (broad SMARTS) is 1. The molecule has 12 heteroatoms. The maximum Gasteiger partial charge on any atom is 0.327 e. The van der Waals surface area contributed by atoms with Gasteiger partial charge in [0, 0.05) is 12.8 Å². The van der Waals surface area contributed by atoms with Crippen LogP contribution >= 0.6 is 23.5 Å². The van der Waals surface area contributed by atoms with Crippen molar-refractivity contribution >= 4 is 41.3 Å². The van der Waals surface area contributed by atoms with E-state index < -0.39 is 28.2 Å². The minimum Gasteiger partial charge on any atom is -0.480 e. The van der Waals surface area contributed by atoms with Crippen molar-refractivity contribution in [2.24, 2.45) is 7.05 Å². The zero-order valence-electron chi connectivity index (χ0n) is 16.3. The van der Waals surface area contributed by atoms with Crippen molar-refractivity contribution in [1.82, 2.24) is 30.4 Å². The molecular weight excluding hydrogens is 428 g/mol. The summed E-state index contributed by atoms with van der Waals surface area (Å²) in [7, 11) is 1.70. The lowest BCUT2D eigenvalue weighted by molar-refractivity contribution is -0.161. The lowest BCUT2D eigenvalue weighted by atomic mass is 9.95. The van der Waals surface area contributed by atoms with Crippen LogP contribution in [0.15, 0.2) is 35.5 Å². The van der Waals surface area contributed by atoms with E-state index in [2.05, 4.69) is 20.8 Å². The van der Waals surface area contributed by atoms with Crippen molar-refractivity contribution in [3.05, 3.63) is 35.9 Å². The predicted molar refractivity (Wildman–Crippen MR) is 110 cm³/mol. The molecule has 1 aromatic heterocycles. The minimum atomic E-state index is -1.06. The Balaban J connectivity index is 1.45. The van der Waals surface area contributed by atoms with Crippen LogP contribution in [-0.2, 0) is 27.9 Å². The highest BCUT2D eigenvalue weighted by atomic mass is 32.2. The van der Waals surface area contributed by atoms with Gasteiger partial charge in [-0.1, -0.05) is 42.1 Å². The summed E-state index contributed by atoms with van der Waals surface area (Å²) in [6.07, 6.45) is 0.163.